The maximum absolute atomic E-state index is 13.2. The summed E-state index contributed by atoms with van der Waals surface area (Å²) < 4.78 is 5.95. The van der Waals surface area contributed by atoms with Crippen molar-refractivity contribution >= 4 is 5.97 Å². The van der Waals surface area contributed by atoms with E-state index in [0.717, 1.165) is 19.3 Å². The molecule has 0 aromatic heterocycles. The molecule has 3 saturated carbocycles. The van der Waals surface area contributed by atoms with Crippen LogP contribution < -0.4 is 4.74 Å². The van der Waals surface area contributed by atoms with Crippen molar-refractivity contribution in [1.82, 2.24) is 0 Å². The molecule has 0 aliphatic heterocycles. The number of fused-ring (bicyclic) bond motifs is 3. The summed E-state index contributed by atoms with van der Waals surface area (Å²) in [5, 5.41) is 0. The first-order chi connectivity index (χ1) is 17.6. The Morgan fingerprint density at radius 2 is 1.19 bits per heavy atom. The van der Waals surface area contributed by atoms with Crippen molar-refractivity contribution in [2.45, 2.75) is 123 Å². The van der Waals surface area contributed by atoms with Gasteiger partial charge in [0.2, 0.25) is 0 Å². The maximum Gasteiger partial charge on any atom is 0.317 e. The van der Waals surface area contributed by atoms with E-state index in [1.54, 1.807) is 0 Å². The average molecular weight is 489 g/mol. The molecule has 2 aromatic carbocycles. The van der Waals surface area contributed by atoms with Gasteiger partial charge in [-0.25, -0.2) is 0 Å². The Morgan fingerprint density at radius 3 is 1.81 bits per heavy atom. The second kappa shape index (κ2) is 12.9. The third kappa shape index (κ3) is 6.81. The Kier molecular flexibility index (Phi) is 9.68. The van der Waals surface area contributed by atoms with Crippen molar-refractivity contribution in [2.75, 3.05) is 0 Å². The average Bonchev–Trinajstić information content (AvgIpc) is 2.92. The molecule has 0 heterocycles. The highest BCUT2D eigenvalue weighted by atomic mass is 16.5. The van der Waals surface area contributed by atoms with Gasteiger partial charge in [0.05, 0.1) is 5.41 Å². The van der Waals surface area contributed by atoms with Crippen LogP contribution in [0.25, 0.3) is 11.1 Å². The third-order valence-corrected chi connectivity index (χ3v) is 9.32. The highest BCUT2D eigenvalue weighted by Crippen LogP contribution is 2.59. The fraction of sp³-hybridized carbons (Fsp3) is 0.618. The van der Waals surface area contributed by atoms with E-state index in [1.165, 1.54) is 107 Å². The van der Waals surface area contributed by atoms with Crippen LogP contribution in [-0.4, -0.2) is 5.97 Å². The summed E-state index contributed by atoms with van der Waals surface area (Å²) in [6.45, 7) is 4.55. The molecule has 2 heteroatoms. The number of benzene rings is 2. The molecule has 0 N–H and O–H groups in total. The summed E-state index contributed by atoms with van der Waals surface area (Å²) in [4.78, 5) is 13.2. The zero-order valence-electron chi connectivity index (χ0n) is 23.0. The topological polar surface area (TPSA) is 26.3 Å². The molecule has 36 heavy (non-hydrogen) atoms. The Labute approximate surface area is 220 Å². The van der Waals surface area contributed by atoms with Crippen LogP contribution >= 0.6 is 0 Å². The summed E-state index contributed by atoms with van der Waals surface area (Å²) in [6, 6.07) is 17.1. The van der Waals surface area contributed by atoms with E-state index >= 15 is 0 Å². The normalized spacial score (nSPS) is 23.1. The van der Waals surface area contributed by atoms with E-state index in [9.17, 15) is 4.79 Å². The predicted octanol–water partition coefficient (Wildman–Crippen LogP) is 10.1. The van der Waals surface area contributed by atoms with Crippen molar-refractivity contribution in [3.63, 3.8) is 0 Å². The molecule has 3 aliphatic rings. The summed E-state index contributed by atoms with van der Waals surface area (Å²) in [5.74, 6) is 0.694. The molecule has 2 aromatic rings. The number of rotatable bonds is 14. The second-order valence-electron chi connectivity index (χ2n) is 11.9. The minimum Gasteiger partial charge on any atom is -0.426 e. The Balaban J connectivity index is 1.25. The van der Waals surface area contributed by atoms with Gasteiger partial charge in [-0.05, 0) is 92.0 Å². The first kappa shape index (κ1) is 27.0. The summed E-state index contributed by atoms with van der Waals surface area (Å²) in [5.41, 5.74) is 4.09. The van der Waals surface area contributed by atoms with E-state index in [-0.39, 0.29) is 11.4 Å². The fourth-order valence-corrected chi connectivity index (χ4v) is 6.60. The van der Waals surface area contributed by atoms with Gasteiger partial charge in [0.25, 0.3) is 0 Å². The molecule has 0 amide bonds. The van der Waals surface area contributed by atoms with Crippen molar-refractivity contribution < 1.29 is 9.53 Å². The smallest absolute Gasteiger partial charge is 0.317 e. The minimum absolute atomic E-state index is 0.0103. The largest absolute Gasteiger partial charge is 0.426 e. The van der Waals surface area contributed by atoms with Gasteiger partial charge in [-0.2, -0.15) is 0 Å². The zero-order valence-corrected chi connectivity index (χ0v) is 23.0. The zero-order chi connectivity index (χ0) is 25.3. The molecule has 0 radical (unpaired) electrons. The number of unbranched alkanes of at least 4 members (excludes halogenated alkanes) is 7. The monoisotopic (exact) mass is 488 g/mol. The standard InChI is InChI=1S/C34H48O2/c1-3-5-7-8-9-10-12-28-13-15-29(16-14-28)30-17-19-31(20-18-30)36-32(35)34-25-22-33(23-26-34,24-27-34)21-11-6-4-2/h13-20H,3-12,21-27H2,1-2H3. The first-order valence-electron chi connectivity index (χ1n) is 15.0. The van der Waals surface area contributed by atoms with Gasteiger partial charge in [-0.1, -0.05) is 102 Å². The number of aryl methyl sites for hydroxylation is 1. The quantitative estimate of drug-likeness (QED) is 0.150. The summed E-state index contributed by atoms with van der Waals surface area (Å²) in [6.07, 6.45) is 21.2. The van der Waals surface area contributed by atoms with Gasteiger partial charge in [-0.3, -0.25) is 4.79 Å². The highest BCUT2D eigenvalue weighted by Gasteiger charge is 2.52. The maximum atomic E-state index is 13.2. The van der Waals surface area contributed by atoms with E-state index in [1.807, 2.05) is 12.1 Å². The second-order valence-corrected chi connectivity index (χ2v) is 11.9. The molecular formula is C34H48O2. The van der Waals surface area contributed by atoms with Gasteiger partial charge in [0.1, 0.15) is 5.75 Å². The molecule has 0 unspecified atom stereocenters. The SMILES string of the molecule is CCCCCCCCc1ccc(-c2ccc(OC(=O)C34CCC(CCCCC)(CC3)CC4)cc2)cc1. The third-order valence-electron chi connectivity index (χ3n) is 9.32. The molecule has 0 atom stereocenters. The number of carbonyl (C=O) groups is 1. The predicted molar refractivity (Wildman–Crippen MR) is 151 cm³/mol. The number of esters is 1. The molecule has 2 nitrogen and oxygen atoms in total. The number of hydrogen-bond donors (Lipinski definition) is 0. The molecule has 0 saturated heterocycles. The lowest BCUT2D eigenvalue weighted by Gasteiger charge is -2.52. The van der Waals surface area contributed by atoms with Crippen molar-refractivity contribution in [1.29, 1.82) is 0 Å². The Hall–Kier alpha value is -2.09. The molecule has 3 fully saturated rings. The number of carbonyl (C=O) groups excluding carboxylic acids is 1. The molecule has 5 rings (SSSR count). The van der Waals surface area contributed by atoms with Gasteiger partial charge < -0.3 is 4.74 Å². The van der Waals surface area contributed by atoms with E-state index in [2.05, 4.69) is 50.2 Å². The van der Waals surface area contributed by atoms with Crippen LogP contribution in [0.3, 0.4) is 0 Å². The van der Waals surface area contributed by atoms with E-state index < -0.39 is 0 Å². The molecule has 196 valence electrons. The van der Waals surface area contributed by atoms with Crippen LogP contribution in [0, 0.1) is 10.8 Å². The van der Waals surface area contributed by atoms with E-state index in [0.29, 0.717) is 11.2 Å². The Bertz CT molecular complexity index is 916. The highest BCUT2D eigenvalue weighted by molar-refractivity contribution is 5.80. The summed E-state index contributed by atoms with van der Waals surface area (Å²) >= 11 is 0. The van der Waals surface area contributed by atoms with Gasteiger partial charge >= 0.3 is 5.97 Å². The van der Waals surface area contributed by atoms with Crippen LogP contribution in [0.4, 0.5) is 0 Å². The van der Waals surface area contributed by atoms with Gasteiger partial charge in [0, 0.05) is 0 Å². The van der Waals surface area contributed by atoms with Crippen molar-refractivity contribution in [2.24, 2.45) is 10.8 Å². The lowest BCUT2D eigenvalue weighted by Crippen LogP contribution is -2.47. The van der Waals surface area contributed by atoms with Crippen LogP contribution in [-0.2, 0) is 11.2 Å². The lowest BCUT2D eigenvalue weighted by molar-refractivity contribution is -0.156. The van der Waals surface area contributed by atoms with Crippen LogP contribution in [0.5, 0.6) is 5.75 Å². The van der Waals surface area contributed by atoms with Crippen LogP contribution in [0.1, 0.15) is 122 Å². The van der Waals surface area contributed by atoms with Crippen LogP contribution in [0.2, 0.25) is 0 Å². The molecule has 3 aliphatic carbocycles. The molecule has 2 bridgehead atoms. The Morgan fingerprint density at radius 1 is 0.667 bits per heavy atom. The molecular weight excluding hydrogens is 440 g/mol. The molecule has 0 spiro atoms. The van der Waals surface area contributed by atoms with Crippen molar-refractivity contribution in [3.8, 4) is 16.9 Å². The van der Waals surface area contributed by atoms with Crippen molar-refractivity contribution in [3.05, 3.63) is 54.1 Å². The van der Waals surface area contributed by atoms with E-state index in [4.69, 9.17) is 4.74 Å². The minimum atomic E-state index is -0.239. The fourth-order valence-electron chi connectivity index (χ4n) is 6.60. The van der Waals surface area contributed by atoms with Gasteiger partial charge in [0.15, 0.2) is 0 Å². The van der Waals surface area contributed by atoms with Gasteiger partial charge in [-0.15, -0.1) is 0 Å². The summed E-state index contributed by atoms with van der Waals surface area (Å²) in [7, 11) is 0. The lowest BCUT2D eigenvalue weighted by atomic mass is 9.52. The first-order valence-corrected chi connectivity index (χ1v) is 15.0. The van der Waals surface area contributed by atoms with Crippen LogP contribution in [0.15, 0.2) is 48.5 Å². The number of hydrogen-bond acceptors (Lipinski definition) is 2. The number of ether oxygens (including phenoxy) is 1.